The van der Waals surface area contributed by atoms with Gasteiger partial charge in [0.1, 0.15) is 5.44 Å². The highest BCUT2D eigenvalue weighted by atomic mass is 79.9. The number of hydrogen-bond donors (Lipinski definition) is 1. The van der Waals surface area contributed by atoms with Gasteiger partial charge in [-0.05, 0) is 37.1 Å². The molecule has 1 aromatic heterocycles. The van der Waals surface area contributed by atoms with Gasteiger partial charge in [-0.15, -0.1) is 0 Å². The summed E-state index contributed by atoms with van der Waals surface area (Å²) in [5.74, 6) is -0.181. The van der Waals surface area contributed by atoms with Crippen molar-refractivity contribution in [1.29, 1.82) is 0 Å². The van der Waals surface area contributed by atoms with E-state index < -0.39 is 7.60 Å². The van der Waals surface area contributed by atoms with Crippen LogP contribution >= 0.6 is 23.5 Å². The zero-order valence-corrected chi connectivity index (χ0v) is 21.4. The largest absolute Gasteiger partial charge is 0.378 e. The Morgan fingerprint density at radius 2 is 1.38 bits per heavy atom. The number of H-pyrrole nitrogens is 1. The number of carbonyl (C=O) groups is 1. The summed E-state index contributed by atoms with van der Waals surface area (Å²) < 4.78 is 26.4. The minimum absolute atomic E-state index is 0.181. The molecule has 34 heavy (non-hydrogen) atoms. The standard InChI is InChI=1S/C27H25BrNO4P/c1-3-32-34(31,33-4-2)27-23(19-11-7-5-8-12-19)24(26(30)21-13-9-6-10-14-21)25(29-27)20-15-17-22(28)18-16-20/h5-18,29H,3-4H2,1-2H3. The second-order valence-corrected chi connectivity index (χ2v) is 10.4. The maximum Gasteiger partial charge on any atom is 0.378 e. The van der Waals surface area contributed by atoms with Crippen LogP contribution in [0.5, 0.6) is 0 Å². The first-order valence-electron chi connectivity index (χ1n) is 11.0. The van der Waals surface area contributed by atoms with Gasteiger partial charge in [0.15, 0.2) is 5.78 Å². The van der Waals surface area contributed by atoms with Crippen molar-refractivity contribution >= 4 is 34.7 Å². The number of nitrogens with one attached hydrogen (secondary N) is 1. The lowest BCUT2D eigenvalue weighted by molar-refractivity contribution is 0.104. The first-order chi connectivity index (χ1) is 16.5. The summed E-state index contributed by atoms with van der Waals surface area (Å²) in [5, 5.41) is 0. The van der Waals surface area contributed by atoms with Crippen molar-refractivity contribution in [1.82, 2.24) is 4.98 Å². The summed E-state index contributed by atoms with van der Waals surface area (Å²) in [5.41, 5.74) is 3.86. The van der Waals surface area contributed by atoms with Crippen LogP contribution in [0.2, 0.25) is 0 Å². The van der Waals surface area contributed by atoms with E-state index in [1.807, 2.05) is 72.8 Å². The summed E-state index contributed by atoms with van der Waals surface area (Å²) in [6.45, 7) is 3.92. The number of hydrogen-bond acceptors (Lipinski definition) is 4. The van der Waals surface area contributed by atoms with Gasteiger partial charge in [0, 0.05) is 15.6 Å². The molecule has 7 heteroatoms. The Morgan fingerprint density at radius 3 is 1.94 bits per heavy atom. The molecule has 4 rings (SSSR count). The predicted octanol–water partition coefficient (Wildman–Crippen LogP) is 7.23. The summed E-state index contributed by atoms with van der Waals surface area (Å²) in [6, 6.07) is 26.1. The smallest absolute Gasteiger partial charge is 0.347 e. The fourth-order valence-electron chi connectivity index (χ4n) is 3.88. The van der Waals surface area contributed by atoms with Crippen molar-refractivity contribution < 1.29 is 18.4 Å². The first-order valence-corrected chi connectivity index (χ1v) is 13.4. The van der Waals surface area contributed by atoms with Crippen LogP contribution in [0.3, 0.4) is 0 Å². The molecule has 0 saturated carbocycles. The molecule has 0 unspecified atom stereocenters. The van der Waals surface area contributed by atoms with Gasteiger partial charge in [0.05, 0.1) is 24.5 Å². The van der Waals surface area contributed by atoms with Crippen molar-refractivity contribution in [3.05, 3.63) is 101 Å². The van der Waals surface area contributed by atoms with Gasteiger partial charge in [-0.2, -0.15) is 0 Å². The third-order valence-electron chi connectivity index (χ3n) is 5.31. The number of ketones is 1. The van der Waals surface area contributed by atoms with Gasteiger partial charge in [0.2, 0.25) is 0 Å². The van der Waals surface area contributed by atoms with Crippen molar-refractivity contribution in [2.75, 3.05) is 13.2 Å². The minimum atomic E-state index is -3.76. The Kier molecular flexibility index (Phi) is 7.64. The molecule has 0 aliphatic carbocycles. The normalized spacial score (nSPS) is 11.5. The van der Waals surface area contributed by atoms with Gasteiger partial charge in [-0.25, -0.2) is 0 Å². The van der Waals surface area contributed by atoms with Crippen molar-refractivity contribution in [2.24, 2.45) is 0 Å². The van der Waals surface area contributed by atoms with Crippen LogP contribution in [0.15, 0.2) is 89.4 Å². The van der Waals surface area contributed by atoms with Crippen LogP contribution in [-0.4, -0.2) is 24.0 Å². The molecular weight excluding hydrogens is 513 g/mol. The Labute approximate surface area is 207 Å². The van der Waals surface area contributed by atoms with Gasteiger partial charge in [-0.1, -0.05) is 88.7 Å². The SMILES string of the molecule is CCOP(=O)(OCC)c1[nH]c(-c2ccc(Br)cc2)c(C(=O)c2ccccc2)c1-c1ccccc1. The van der Waals surface area contributed by atoms with Gasteiger partial charge in [0.25, 0.3) is 0 Å². The van der Waals surface area contributed by atoms with E-state index in [0.717, 1.165) is 15.6 Å². The molecule has 0 saturated heterocycles. The van der Waals surface area contributed by atoms with Crippen LogP contribution in [-0.2, 0) is 13.6 Å². The topological polar surface area (TPSA) is 68.4 Å². The Balaban J connectivity index is 2.09. The van der Waals surface area contributed by atoms with E-state index in [4.69, 9.17) is 9.05 Å². The average Bonchev–Trinajstić information content (AvgIpc) is 3.27. The first kappa shape index (κ1) is 24.4. The maximum atomic E-state index is 14.0. The predicted molar refractivity (Wildman–Crippen MR) is 140 cm³/mol. The summed E-state index contributed by atoms with van der Waals surface area (Å²) in [6.07, 6.45) is 0. The van der Waals surface area contributed by atoms with E-state index >= 15 is 0 Å². The second kappa shape index (κ2) is 10.7. The van der Waals surface area contributed by atoms with E-state index in [1.54, 1.807) is 26.0 Å². The lowest BCUT2D eigenvalue weighted by Gasteiger charge is -2.18. The number of aromatic nitrogens is 1. The monoisotopic (exact) mass is 537 g/mol. The van der Waals surface area contributed by atoms with Gasteiger partial charge < -0.3 is 14.0 Å². The molecule has 5 nitrogen and oxygen atoms in total. The van der Waals surface area contributed by atoms with Crippen LogP contribution < -0.4 is 5.44 Å². The average molecular weight is 538 g/mol. The van der Waals surface area contributed by atoms with E-state index in [9.17, 15) is 9.36 Å². The molecular formula is C27H25BrNO4P. The van der Waals surface area contributed by atoms with Crippen molar-refractivity contribution in [3.63, 3.8) is 0 Å². The fourth-order valence-corrected chi connectivity index (χ4v) is 5.92. The molecule has 4 aromatic rings. The van der Waals surface area contributed by atoms with Gasteiger partial charge >= 0.3 is 7.60 Å². The minimum Gasteiger partial charge on any atom is -0.347 e. The zero-order chi connectivity index (χ0) is 24.1. The maximum absolute atomic E-state index is 14.0. The highest BCUT2D eigenvalue weighted by molar-refractivity contribution is 9.10. The number of benzene rings is 3. The third kappa shape index (κ3) is 4.86. The highest BCUT2D eigenvalue weighted by Crippen LogP contribution is 2.51. The Bertz CT molecular complexity index is 1310. The molecule has 3 aromatic carbocycles. The lowest BCUT2D eigenvalue weighted by atomic mass is 9.93. The quantitative estimate of drug-likeness (QED) is 0.180. The van der Waals surface area contributed by atoms with Crippen molar-refractivity contribution in [3.8, 4) is 22.4 Å². The molecule has 1 heterocycles. The van der Waals surface area contributed by atoms with Crippen LogP contribution in [0.1, 0.15) is 29.8 Å². The number of rotatable bonds is 9. The molecule has 0 fully saturated rings. The second-order valence-electron chi connectivity index (χ2n) is 7.50. The fraction of sp³-hybridized carbons (Fsp3) is 0.148. The lowest BCUT2D eigenvalue weighted by Crippen LogP contribution is -2.15. The van der Waals surface area contributed by atoms with Crippen molar-refractivity contribution in [2.45, 2.75) is 13.8 Å². The molecule has 0 bridgehead atoms. The highest BCUT2D eigenvalue weighted by Gasteiger charge is 2.37. The summed E-state index contributed by atoms with van der Waals surface area (Å²) in [4.78, 5) is 17.3. The molecule has 1 N–H and O–H groups in total. The molecule has 0 aliphatic heterocycles. The molecule has 0 spiro atoms. The molecule has 174 valence electrons. The zero-order valence-electron chi connectivity index (χ0n) is 19.0. The number of aromatic amines is 1. The van der Waals surface area contributed by atoms with E-state index in [2.05, 4.69) is 20.9 Å². The van der Waals surface area contributed by atoms with E-state index in [-0.39, 0.29) is 24.4 Å². The molecule has 0 radical (unpaired) electrons. The summed E-state index contributed by atoms with van der Waals surface area (Å²) in [7, 11) is -3.76. The molecule has 0 amide bonds. The molecule has 0 atom stereocenters. The Morgan fingerprint density at radius 1 is 0.824 bits per heavy atom. The van der Waals surface area contributed by atoms with Gasteiger partial charge in [-0.3, -0.25) is 9.36 Å². The molecule has 0 aliphatic rings. The van der Waals surface area contributed by atoms with Crippen LogP contribution in [0, 0.1) is 0 Å². The third-order valence-corrected chi connectivity index (χ3v) is 7.92. The number of carbonyl (C=O) groups excluding carboxylic acids is 1. The van der Waals surface area contributed by atoms with E-state index in [0.29, 0.717) is 22.4 Å². The summed E-state index contributed by atoms with van der Waals surface area (Å²) >= 11 is 3.47. The Hall–Kier alpha value is -2.76. The van der Waals surface area contributed by atoms with E-state index in [1.165, 1.54) is 0 Å². The van der Waals surface area contributed by atoms with Crippen LogP contribution in [0.4, 0.5) is 0 Å². The number of halogens is 1. The van der Waals surface area contributed by atoms with Crippen LogP contribution in [0.25, 0.3) is 22.4 Å².